The number of thioether (sulfide) groups is 1. The van der Waals surface area contributed by atoms with Gasteiger partial charge in [-0.15, -0.1) is 10.2 Å². The van der Waals surface area contributed by atoms with Crippen LogP contribution in [0.5, 0.6) is 5.75 Å². The summed E-state index contributed by atoms with van der Waals surface area (Å²) in [6.07, 6.45) is 7.59. The minimum absolute atomic E-state index is 0.0583. The Morgan fingerprint density at radius 3 is 2.65 bits per heavy atom. The molecule has 1 fully saturated rings. The van der Waals surface area contributed by atoms with Gasteiger partial charge in [0.05, 0.1) is 12.9 Å². The van der Waals surface area contributed by atoms with E-state index in [-0.39, 0.29) is 5.91 Å². The van der Waals surface area contributed by atoms with Crippen molar-refractivity contribution >= 4 is 23.4 Å². The van der Waals surface area contributed by atoms with Crippen molar-refractivity contribution in [3.05, 3.63) is 30.1 Å². The highest BCUT2D eigenvalue weighted by Gasteiger charge is 2.18. The first-order chi connectivity index (χ1) is 12.7. The summed E-state index contributed by atoms with van der Waals surface area (Å²) in [6.45, 7) is 0. The maximum absolute atomic E-state index is 12.2. The Morgan fingerprint density at radius 2 is 1.96 bits per heavy atom. The van der Waals surface area contributed by atoms with Crippen molar-refractivity contribution in [1.29, 1.82) is 0 Å². The van der Waals surface area contributed by atoms with E-state index in [0.717, 1.165) is 34.8 Å². The van der Waals surface area contributed by atoms with Crippen molar-refractivity contribution in [1.82, 2.24) is 14.8 Å². The van der Waals surface area contributed by atoms with Crippen molar-refractivity contribution in [3.63, 3.8) is 0 Å². The average Bonchev–Trinajstić information content (AvgIpc) is 3.01. The summed E-state index contributed by atoms with van der Waals surface area (Å²) in [7, 11) is 3.61. The van der Waals surface area contributed by atoms with Gasteiger partial charge in [-0.1, -0.05) is 43.9 Å². The van der Waals surface area contributed by atoms with E-state index in [2.05, 4.69) is 15.5 Å². The van der Waals surface area contributed by atoms with E-state index in [0.29, 0.717) is 5.75 Å². The summed E-state index contributed by atoms with van der Waals surface area (Å²) in [5, 5.41) is 12.3. The highest BCUT2D eigenvalue weighted by molar-refractivity contribution is 7.99. The highest BCUT2D eigenvalue weighted by Crippen LogP contribution is 2.27. The first-order valence-corrected chi connectivity index (χ1v) is 10.1. The van der Waals surface area contributed by atoms with Gasteiger partial charge in [0.15, 0.2) is 5.16 Å². The summed E-state index contributed by atoms with van der Waals surface area (Å²) >= 11 is 1.42. The Hall–Kier alpha value is -2.02. The molecule has 0 saturated heterocycles. The number of aromatic nitrogens is 3. The van der Waals surface area contributed by atoms with E-state index >= 15 is 0 Å². The number of hydrogen-bond acceptors (Lipinski definition) is 5. The molecule has 0 unspecified atom stereocenters. The SMILES string of the molecule is COc1ccc(NC(=O)CSc2nnc(CC3CCCCC3)n2C)cc1. The lowest BCUT2D eigenvalue weighted by Crippen LogP contribution is -2.15. The molecule has 0 aliphatic heterocycles. The predicted molar refractivity (Wildman–Crippen MR) is 104 cm³/mol. The first-order valence-electron chi connectivity index (χ1n) is 9.10. The Bertz CT molecular complexity index is 724. The van der Waals surface area contributed by atoms with Gasteiger partial charge < -0.3 is 14.6 Å². The van der Waals surface area contributed by atoms with Crippen LogP contribution in [0.4, 0.5) is 5.69 Å². The third-order valence-electron chi connectivity index (χ3n) is 4.83. The van der Waals surface area contributed by atoms with E-state index in [9.17, 15) is 4.79 Å². The van der Waals surface area contributed by atoms with Gasteiger partial charge >= 0.3 is 0 Å². The lowest BCUT2D eigenvalue weighted by Gasteiger charge is -2.20. The molecule has 0 radical (unpaired) electrons. The molecular weight excluding hydrogens is 348 g/mol. The molecule has 1 saturated carbocycles. The van der Waals surface area contributed by atoms with Gasteiger partial charge in [0.2, 0.25) is 5.91 Å². The molecule has 1 aromatic heterocycles. The molecule has 1 aliphatic carbocycles. The fraction of sp³-hybridized carbons (Fsp3) is 0.526. The highest BCUT2D eigenvalue weighted by atomic mass is 32.2. The third kappa shape index (κ3) is 5.00. The maximum Gasteiger partial charge on any atom is 0.234 e. The fourth-order valence-electron chi connectivity index (χ4n) is 3.30. The largest absolute Gasteiger partial charge is 0.497 e. The molecule has 0 spiro atoms. The summed E-state index contributed by atoms with van der Waals surface area (Å²) < 4.78 is 7.14. The molecule has 2 aromatic rings. The Kier molecular flexibility index (Phi) is 6.55. The molecule has 1 heterocycles. The van der Waals surface area contributed by atoms with Crippen LogP contribution in [0.1, 0.15) is 37.9 Å². The minimum Gasteiger partial charge on any atom is -0.497 e. The minimum atomic E-state index is -0.0583. The number of anilines is 1. The number of carbonyl (C=O) groups excluding carboxylic acids is 1. The number of methoxy groups -OCH3 is 1. The zero-order valence-electron chi connectivity index (χ0n) is 15.4. The molecule has 0 bridgehead atoms. The number of nitrogens with zero attached hydrogens (tertiary/aromatic N) is 3. The van der Waals surface area contributed by atoms with E-state index in [1.54, 1.807) is 7.11 Å². The zero-order chi connectivity index (χ0) is 18.4. The summed E-state index contributed by atoms with van der Waals surface area (Å²) in [5.41, 5.74) is 0.757. The molecular formula is C19H26N4O2S. The van der Waals surface area contributed by atoms with E-state index in [1.807, 2.05) is 35.9 Å². The molecule has 7 heteroatoms. The number of amides is 1. The second kappa shape index (κ2) is 9.07. The lowest BCUT2D eigenvalue weighted by molar-refractivity contribution is -0.113. The topological polar surface area (TPSA) is 69.0 Å². The third-order valence-corrected chi connectivity index (χ3v) is 5.85. The normalized spacial score (nSPS) is 15.0. The monoisotopic (exact) mass is 374 g/mol. The van der Waals surface area contributed by atoms with Crippen molar-refractivity contribution < 1.29 is 9.53 Å². The molecule has 140 valence electrons. The average molecular weight is 375 g/mol. The lowest BCUT2D eigenvalue weighted by atomic mass is 9.87. The molecule has 3 rings (SSSR count). The van der Waals surface area contributed by atoms with Gasteiger partial charge in [-0.25, -0.2) is 0 Å². The van der Waals surface area contributed by atoms with Crippen molar-refractivity contribution in [2.75, 3.05) is 18.2 Å². The Labute approximate surface area is 158 Å². The van der Waals surface area contributed by atoms with Gasteiger partial charge in [-0.05, 0) is 30.2 Å². The van der Waals surface area contributed by atoms with E-state index in [4.69, 9.17) is 4.74 Å². The summed E-state index contributed by atoms with van der Waals surface area (Å²) in [4.78, 5) is 12.2. The molecule has 1 N–H and O–H groups in total. The molecule has 1 amide bonds. The van der Waals surface area contributed by atoms with Crippen LogP contribution >= 0.6 is 11.8 Å². The zero-order valence-corrected chi connectivity index (χ0v) is 16.2. The van der Waals surface area contributed by atoms with Crippen LogP contribution in [0, 0.1) is 5.92 Å². The molecule has 0 atom stereocenters. The number of nitrogens with one attached hydrogen (secondary N) is 1. The van der Waals surface area contributed by atoms with Gasteiger partial charge in [0.25, 0.3) is 0 Å². The second-order valence-electron chi connectivity index (χ2n) is 6.73. The number of benzene rings is 1. The summed E-state index contributed by atoms with van der Waals surface area (Å²) in [5.74, 6) is 2.76. The Morgan fingerprint density at radius 1 is 1.23 bits per heavy atom. The van der Waals surface area contributed by atoms with Crippen LogP contribution in [-0.4, -0.2) is 33.5 Å². The van der Waals surface area contributed by atoms with Gasteiger partial charge in [0.1, 0.15) is 11.6 Å². The maximum atomic E-state index is 12.2. The molecule has 1 aliphatic rings. The number of rotatable bonds is 7. The van der Waals surface area contributed by atoms with Crippen molar-refractivity contribution in [2.24, 2.45) is 13.0 Å². The Balaban J connectivity index is 1.49. The van der Waals surface area contributed by atoms with Gasteiger partial charge in [-0.2, -0.15) is 0 Å². The number of hydrogen-bond donors (Lipinski definition) is 1. The summed E-state index contributed by atoms with van der Waals surface area (Å²) in [6, 6.07) is 7.30. The van der Waals surface area contributed by atoms with Crippen molar-refractivity contribution in [2.45, 2.75) is 43.7 Å². The fourth-order valence-corrected chi connectivity index (χ4v) is 4.03. The van der Waals surface area contributed by atoms with Gasteiger partial charge in [-0.3, -0.25) is 4.79 Å². The van der Waals surface area contributed by atoms with Crippen molar-refractivity contribution in [3.8, 4) is 5.75 Å². The number of ether oxygens (including phenoxy) is 1. The van der Waals surface area contributed by atoms with Gasteiger partial charge in [0, 0.05) is 19.2 Å². The van der Waals surface area contributed by atoms with Crippen LogP contribution in [0.3, 0.4) is 0 Å². The standard InChI is InChI=1S/C19H26N4O2S/c1-23-17(12-14-6-4-3-5-7-14)21-22-19(23)26-13-18(24)20-15-8-10-16(25-2)11-9-15/h8-11,14H,3-7,12-13H2,1-2H3,(H,20,24). The van der Waals surface area contributed by atoms with Crippen LogP contribution in [0.15, 0.2) is 29.4 Å². The number of carbonyl (C=O) groups is 1. The second-order valence-corrected chi connectivity index (χ2v) is 7.67. The molecule has 1 aromatic carbocycles. The van der Waals surface area contributed by atoms with Crippen LogP contribution in [0.25, 0.3) is 0 Å². The quantitative estimate of drug-likeness (QED) is 0.749. The first kappa shape index (κ1) is 18.8. The van der Waals surface area contributed by atoms with Crippen LogP contribution < -0.4 is 10.1 Å². The molecule has 26 heavy (non-hydrogen) atoms. The smallest absolute Gasteiger partial charge is 0.234 e. The predicted octanol–water partition coefficient (Wildman–Crippen LogP) is 3.68. The molecule has 6 nitrogen and oxygen atoms in total. The van der Waals surface area contributed by atoms with E-state index in [1.165, 1.54) is 43.9 Å². The van der Waals surface area contributed by atoms with E-state index < -0.39 is 0 Å². The van der Waals surface area contributed by atoms with Crippen LogP contribution in [0.2, 0.25) is 0 Å². The van der Waals surface area contributed by atoms with Crippen LogP contribution in [-0.2, 0) is 18.3 Å².